The van der Waals surface area contributed by atoms with E-state index in [1.54, 1.807) is 12.1 Å². The maximum atomic E-state index is 11.2. The SMILES string of the molecule is CS(=O)(=O)c1ccc(OCCCCO)cc1. The second-order valence-corrected chi connectivity index (χ2v) is 5.54. The topological polar surface area (TPSA) is 63.6 Å². The van der Waals surface area contributed by atoms with Crippen LogP contribution < -0.4 is 4.74 Å². The molecular formula is C11H16O4S. The van der Waals surface area contributed by atoms with Crippen LogP contribution in [0.2, 0.25) is 0 Å². The van der Waals surface area contributed by atoms with Crippen molar-refractivity contribution in [2.75, 3.05) is 19.5 Å². The number of benzene rings is 1. The number of hydrogen-bond acceptors (Lipinski definition) is 4. The zero-order valence-corrected chi connectivity index (χ0v) is 10.0. The van der Waals surface area contributed by atoms with Gasteiger partial charge >= 0.3 is 0 Å². The molecule has 0 fully saturated rings. The Balaban J connectivity index is 2.52. The normalized spacial score (nSPS) is 11.4. The van der Waals surface area contributed by atoms with Gasteiger partial charge in [0.05, 0.1) is 11.5 Å². The van der Waals surface area contributed by atoms with Gasteiger partial charge in [-0.15, -0.1) is 0 Å². The van der Waals surface area contributed by atoms with E-state index in [9.17, 15) is 8.42 Å². The van der Waals surface area contributed by atoms with Crippen LogP contribution in [0.15, 0.2) is 29.2 Å². The Bertz CT molecular complexity index is 408. The molecule has 0 saturated heterocycles. The zero-order valence-electron chi connectivity index (χ0n) is 9.22. The lowest BCUT2D eigenvalue weighted by Gasteiger charge is -2.05. The van der Waals surface area contributed by atoms with Gasteiger partial charge in [0.15, 0.2) is 9.84 Å². The van der Waals surface area contributed by atoms with Gasteiger partial charge in [0, 0.05) is 12.9 Å². The number of aliphatic hydroxyl groups excluding tert-OH is 1. The van der Waals surface area contributed by atoms with E-state index in [-0.39, 0.29) is 11.5 Å². The highest BCUT2D eigenvalue weighted by atomic mass is 32.2. The molecule has 90 valence electrons. The van der Waals surface area contributed by atoms with Crippen LogP contribution in [0.3, 0.4) is 0 Å². The van der Waals surface area contributed by atoms with Crippen LogP contribution >= 0.6 is 0 Å². The maximum absolute atomic E-state index is 11.2. The van der Waals surface area contributed by atoms with Gasteiger partial charge < -0.3 is 9.84 Å². The quantitative estimate of drug-likeness (QED) is 0.765. The van der Waals surface area contributed by atoms with Crippen LogP contribution in [0.25, 0.3) is 0 Å². The van der Waals surface area contributed by atoms with E-state index in [1.165, 1.54) is 18.4 Å². The number of aliphatic hydroxyl groups is 1. The fourth-order valence-corrected chi connectivity index (χ4v) is 1.82. The molecule has 0 unspecified atom stereocenters. The molecule has 0 amide bonds. The molecule has 1 aromatic rings. The Morgan fingerprint density at radius 2 is 1.81 bits per heavy atom. The smallest absolute Gasteiger partial charge is 0.175 e. The lowest BCUT2D eigenvalue weighted by Crippen LogP contribution is -2.00. The summed E-state index contributed by atoms with van der Waals surface area (Å²) < 4.78 is 27.7. The van der Waals surface area contributed by atoms with Gasteiger partial charge in [-0.2, -0.15) is 0 Å². The Morgan fingerprint density at radius 1 is 1.19 bits per heavy atom. The highest BCUT2D eigenvalue weighted by Gasteiger charge is 2.05. The van der Waals surface area contributed by atoms with Gasteiger partial charge in [-0.1, -0.05) is 0 Å². The summed E-state index contributed by atoms with van der Waals surface area (Å²) in [4.78, 5) is 0.287. The summed E-state index contributed by atoms with van der Waals surface area (Å²) in [5, 5.41) is 8.57. The molecule has 0 aliphatic carbocycles. The fraction of sp³-hybridized carbons (Fsp3) is 0.455. The average Bonchev–Trinajstić information content (AvgIpc) is 2.24. The molecule has 5 heteroatoms. The van der Waals surface area contributed by atoms with Crippen molar-refractivity contribution in [3.8, 4) is 5.75 Å². The minimum absolute atomic E-state index is 0.163. The van der Waals surface area contributed by atoms with Crippen molar-refractivity contribution in [2.24, 2.45) is 0 Å². The summed E-state index contributed by atoms with van der Waals surface area (Å²) in [6.07, 6.45) is 2.66. The van der Waals surface area contributed by atoms with Crippen LogP contribution in [-0.4, -0.2) is 33.0 Å². The number of ether oxygens (including phenoxy) is 1. The summed E-state index contributed by atoms with van der Waals surface area (Å²) in [5.74, 6) is 0.644. The third-order valence-electron chi connectivity index (χ3n) is 2.07. The monoisotopic (exact) mass is 244 g/mol. The van der Waals surface area contributed by atoms with Gasteiger partial charge in [0.1, 0.15) is 5.75 Å². The number of unbranched alkanes of at least 4 members (excludes halogenated alkanes) is 1. The fourth-order valence-electron chi connectivity index (χ4n) is 1.19. The zero-order chi connectivity index (χ0) is 12.0. The number of rotatable bonds is 6. The Morgan fingerprint density at radius 3 is 2.31 bits per heavy atom. The first-order chi connectivity index (χ1) is 7.54. The minimum Gasteiger partial charge on any atom is -0.494 e. The molecule has 1 N–H and O–H groups in total. The average molecular weight is 244 g/mol. The summed E-state index contributed by atoms with van der Waals surface area (Å²) in [7, 11) is -3.14. The molecule has 0 aliphatic rings. The van der Waals surface area contributed by atoms with E-state index in [0.29, 0.717) is 18.8 Å². The van der Waals surface area contributed by atoms with Crippen molar-refractivity contribution in [2.45, 2.75) is 17.7 Å². The third kappa shape index (κ3) is 4.20. The third-order valence-corrected chi connectivity index (χ3v) is 3.20. The molecule has 1 rings (SSSR count). The standard InChI is InChI=1S/C11H16O4S/c1-16(13,14)11-6-4-10(5-7-11)15-9-3-2-8-12/h4-7,12H,2-3,8-9H2,1H3. The van der Waals surface area contributed by atoms with E-state index in [4.69, 9.17) is 9.84 Å². The van der Waals surface area contributed by atoms with Crippen LogP contribution in [0.5, 0.6) is 5.75 Å². The lowest BCUT2D eigenvalue weighted by atomic mass is 10.3. The Hall–Kier alpha value is -1.07. The maximum Gasteiger partial charge on any atom is 0.175 e. The second kappa shape index (κ2) is 5.86. The molecule has 16 heavy (non-hydrogen) atoms. The van der Waals surface area contributed by atoms with Gasteiger partial charge in [-0.25, -0.2) is 8.42 Å². The summed E-state index contributed by atoms with van der Waals surface area (Å²) in [5.41, 5.74) is 0. The first-order valence-electron chi connectivity index (χ1n) is 5.08. The molecule has 0 radical (unpaired) electrons. The molecule has 1 aromatic carbocycles. The Labute approximate surface area is 95.8 Å². The van der Waals surface area contributed by atoms with Crippen molar-refractivity contribution >= 4 is 9.84 Å². The minimum atomic E-state index is -3.14. The van der Waals surface area contributed by atoms with Crippen LogP contribution in [-0.2, 0) is 9.84 Å². The molecular weight excluding hydrogens is 228 g/mol. The summed E-state index contributed by atoms with van der Waals surface area (Å²) in [6, 6.07) is 6.32. The van der Waals surface area contributed by atoms with Crippen molar-refractivity contribution in [1.29, 1.82) is 0 Å². The Kier molecular flexibility index (Phi) is 4.76. The van der Waals surface area contributed by atoms with Crippen molar-refractivity contribution in [3.63, 3.8) is 0 Å². The molecule has 0 atom stereocenters. The molecule has 0 saturated carbocycles. The summed E-state index contributed by atoms with van der Waals surface area (Å²) >= 11 is 0. The van der Waals surface area contributed by atoms with Crippen LogP contribution in [0.1, 0.15) is 12.8 Å². The van der Waals surface area contributed by atoms with Crippen molar-refractivity contribution in [1.82, 2.24) is 0 Å². The van der Waals surface area contributed by atoms with Crippen LogP contribution in [0.4, 0.5) is 0 Å². The first kappa shape index (κ1) is 13.0. The summed E-state index contributed by atoms with van der Waals surface area (Å²) in [6.45, 7) is 0.690. The molecule has 0 bridgehead atoms. The number of hydrogen-bond donors (Lipinski definition) is 1. The molecule has 0 aliphatic heterocycles. The van der Waals surface area contributed by atoms with E-state index in [1.807, 2.05) is 0 Å². The van der Waals surface area contributed by atoms with Crippen molar-refractivity contribution < 1.29 is 18.3 Å². The van der Waals surface area contributed by atoms with Gasteiger partial charge in [0.25, 0.3) is 0 Å². The first-order valence-corrected chi connectivity index (χ1v) is 6.97. The number of sulfone groups is 1. The van der Waals surface area contributed by atoms with Crippen molar-refractivity contribution in [3.05, 3.63) is 24.3 Å². The van der Waals surface area contributed by atoms with E-state index < -0.39 is 9.84 Å². The predicted octanol–water partition coefficient (Wildman–Crippen LogP) is 1.24. The molecule has 0 spiro atoms. The van der Waals surface area contributed by atoms with E-state index >= 15 is 0 Å². The highest BCUT2D eigenvalue weighted by molar-refractivity contribution is 7.90. The predicted molar refractivity (Wildman–Crippen MR) is 61.4 cm³/mol. The lowest BCUT2D eigenvalue weighted by molar-refractivity contribution is 0.253. The molecule has 0 heterocycles. The van der Waals surface area contributed by atoms with E-state index in [0.717, 1.165) is 6.42 Å². The van der Waals surface area contributed by atoms with E-state index in [2.05, 4.69) is 0 Å². The van der Waals surface area contributed by atoms with Gasteiger partial charge in [-0.3, -0.25) is 0 Å². The molecule has 4 nitrogen and oxygen atoms in total. The molecule has 0 aromatic heterocycles. The van der Waals surface area contributed by atoms with Crippen LogP contribution in [0, 0.1) is 0 Å². The largest absolute Gasteiger partial charge is 0.494 e. The second-order valence-electron chi connectivity index (χ2n) is 3.52. The highest BCUT2D eigenvalue weighted by Crippen LogP contribution is 2.15. The van der Waals surface area contributed by atoms with Gasteiger partial charge in [-0.05, 0) is 37.1 Å². The van der Waals surface area contributed by atoms with Gasteiger partial charge in [0.2, 0.25) is 0 Å².